The van der Waals surface area contributed by atoms with E-state index >= 15 is 0 Å². The molecule has 0 saturated carbocycles. The number of nitrogens with zero attached hydrogens (tertiary/aromatic N) is 1. The predicted molar refractivity (Wildman–Crippen MR) is 36.6 cm³/mol. The van der Waals surface area contributed by atoms with Gasteiger partial charge in [-0.1, -0.05) is 13.6 Å². The van der Waals surface area contributed by atoms with Crippen LogP contribution in [0.15, 0.2) is 0 Å². The minimum Gasteiger partial charge on any atom is -0.357 e. The second-order valence-corrected chi connectivity index (χ2v) is 2.39. The van der Waals surface area contributed by atoms with Gasteiger partial charge in [-0.15, -0.1) is 0 Å². The van der Waals surface area contributed by atoms with Crippen LogP contribution >= 0.6 is 0 Å². The molecule has 8 heavy (non-hydrogen) atoms. The number of carbonyl (C=O) groups is 1. The fourth-order valence-electron chi connectivity index (χ4n) is 0.516. The van der Waals surface area contributed by atoms with Gasteiger partial charge in [0.05, 0.1) is 0 Å². The minimum atomic E-state index is 0.130. The number of hydrogen-bond donors (Lipinski definition) is 0. The Kier molecular flexibility index (Phi) is 2.59. The summed E-state index contributed by atoms with van der Waals surface area (Å²) < 4.78 is 0. The summed E-state index contributed by atoms with van der Waals surface area (Å²) in [6.07, 6.45) is 0. The van der Waals surface area contributed by atoms with Crippen LogP contribution < -0.4 is 0 Å². The molecule has 0 bridgehead atoms. The lowest BCUT2D eigenvalue weighted by atomic mass is 9.54. The summed E-state index contributed by atoms with van der Waals surface area (Å²) in [4.78, 5) is 12.4. The van der Waals surface area contributed by atoms with Crippen LogP contribution in [-0.4, -0.2) is 31.5 Å². The minimum absolute atomic E-state index is 0.130. The first-order valence-corrected chi connectivity index (χ1v) is 2.77. The van der Waals surface area contributed by atoms with Gasteiger partial charge in [-0.05, 0) is 0 Å². The van der Waals surface area contributed by atoms with Crippen molar-refractivity contribution < 1.29 is 4.79 Å². The Hall–Kier alpha value is -0.465. The standard InChI is InChI=1S/C5H12BNO/c1-6(2)5(8)7(3)4/h1-4H3. The Bertz CT molecular complexity index is 80.4. The Balaban J connectivity index is 3.65. The molecule has 0 atom stereocenters. The first kappa shape index (κ1) is 7.53. The van der Waals surface area contributed by atoms with Crippen LogP contribution in [0, 0.1) is 0 Å². The van der Waals surface area contributed by atoms with Crippen molar-refractivity contribution in [2.45, 2.75) is 13.6 Å². The predicted octanol–water partition coefficient (Wildman–Crippen LogP) is 1.00. The summed E-state index contributed by atoms with van der Waals surface area (Å²) in [7, 11) is 3.53. The highest BCUT2D eigenvalue weighted by Crippen LogP contribution is 1.87. The zero-order valence-corrected chi connectivity index (χ0v) is 5.93. The van der Waals surface area contributed by atoms with Crippen molar-refractivity contribution in [2.24, 2.45) is 0 Å². The van der Waals surface area contributed by atoms with Crippen molar-refractivity contribution in [1.82, 2.24) is 4.90 Å². The van der Waals surface area contributed by atoms with Crippen molar-refractivity contribution >= 4 is 12.5 Å². The first-order chi connectivity index (χ1) is 3.55. The second kappa shape index (κ2) is 2.75. The van der Waals surface area contributed by atoms with Crippen LogP contribution in [-0.2, 0) is 0 Å². The van der Waals surface area contributed by atoms with Gasteiger partial charge in [0.15, 0.2) is 5.81 Å². The van der Waals surface area contributed by atoms with Gasteiger partial charge in [0.25, 0.3) is 0 Å². The smallest absolute Gasteiger partial charge is 0.245 e. The molecule has 0 N–H and O–H groups in total. The third kappa shape index (κ3) is 2.00. The van der Waals surface area contributed by atoms with Crippen molar-refractivity contribution in [1.29, 1.82) is 0 Å². The maximum absolute atomic E-state index is 10.8. The zero-order valence-electron chi connectivity index (χ0n) is 5.93. The van der Waals surface area contributed by atoms with E-state index in [0.717, 1.165) is 0 Å². The highest BCUT2D eigenvalue weighted by atomic mass is 16.1. The van der Waals surface area contributed by atoms with Crippen LogP contribution in [0.2, 0.25) is 13.6 Å². The molecule has 0 aromatic carbocycles. The van der Waals surface area contributed by atoms with Gasteiger partial charge >= 0.3 is 0 Å². The summed E-state index contributed by atoms with van der Waals surface area (Å²) in [5.74, 6) is 0.185. The van der Waals surface area contributed by atoms with E-state index in [1.165, 1.54) is 0 Å². The molecule has 0 radical (unpaired) electrons. The molecule has 3 heteroatoms. The maximum Gasteiger partial charge on any atom is 0.245 e. The Labute approximate surface area is 50.9 Å². The van der Waals surface area contributed by atoms with Gasteiger partial charge in [-0.3, -0.25) is 4.79 Å². The molecule has 0 aliphatic heterocycles. The lowest BCUT2D eigenvalue weighted by molar-refractivity contribution is 0.238. The molecule has 0 heterocycles. The fraction of sp³-hybridized carbons (Fsp3) is 0.800. The van der Waals surface area contributed by atoms with Crippen LogP contribution in [0.4, 0.5) is 4.79 Å². The van der Waals surface area contributed by atoms with Crippen molar-refractivity contribution in [2.75, 3.05) is 14.1 Å². The van der Waals surface area contributed by atoms with Gasteiger partial charge < -0.3 is 4.90 Å². The average Bonchev–Trinajstić information content (AvgIpc) is 1.64. The topological polar surface area (TPSA) is 20.3 Å². The Morgan fingerprint density at radius 1 is 1.38 bits per heavy atom. The van der Waals surface area contributed by atoms with E-state index in [4.69, 9.17) is 0 Å². The van der Waals surface area contributed by atoms with E-state index in [1.807, 2.05) is 13.6 Å². The highest BCUT2D eigenvalue weighted by Gasteiger charge is 2.11. The molecule has 0 fully saturated rings. The van der Waals surface area contributed by atoms with E-state index in [2.05, 4.69) is 0 Å². The maximum atomic E-state index is 10.8. The van der Waals surface area contributed by atoms with Crippen molar-refractivity contribution in [3.63, 3.8) is 0 Å². The van der Waals surface area contributed by atoms with Crippen molar-refractivity contribution in [3.8, 4) is 0 Å². The highest BCUT2D eigenvalue weighted by molar-refractivity contribution is 6.87. The van der Waals surface area contributed by atoms with E-state index in [1.54, 1.807) is 19.0 Å². The van der Waals surface area contributed by atoms with E-state index in [0.29, 0.717) is 0 Å². The van der Waals surface area contributed by atoms with Gasteiger partial charge in [0, 0.05) is 14.1 Å². The number of amides is 1. The molecule has 46 valence electrons. The lowest BCUT2D eigenvalue weighted by Crippen LogP contribution is -2.30. The third-order valence-corrected chi connectivity index (χ3v) is 0.935. The number of carbonyl (C=O) groups excluding carboxylic acids is 1. The van der Waals surface area contributed by atoms with E-state index < -0.39 is 0 Å². The summed E-state index contributed by atoms with van der Waals surface area (Å²) in [5, 5.41) is 0. The van der Waals surface area contributed by atoms with Gasteiger partial charge in [0.1, 0.15) is 0 Å². The molecule has 0 aromatic heterocycles. The van der Waals surface area contributed by atoms with Crippen LogP contribution in [0.5, 0.6) is 0 Å². The molecule has 0 aliphatic rings. The van der Waals surface area contributed by atoms with Gasteiger partial charge in [0.2, 0.25) is 6.71 Å². The fourth-order valence-corrected chi connectivity index (χ4v) is 0.516. The first-order valence-electron chi connectivity index (χ1n) is 2.77. The Morgan fingerprint density at radius 3 is 1.75 bits per heavy atom. The summed E-state index contributed by atoms with van der Waals surface area (Å²) >= 11 is 0. The van der Waals surface area contributed by atoms with Gasteiger partial charge in [-0.2, -0.15) is 0 Å². The normalized spacial score (nSPS) is 8.50. The quantitative estimate of drug-likeness (QED) is 0.464. The molecule has 0 unspecified atom stereocenters. The third-order valence-electron chi connectivity index (χ3n) is 0.935. The average molecular weight is 113 g/mol. The largest absolute Gasteiger partial charge is 0.357 e. The Morgan fingerprint density at radius 2 is 1.75 bits per heavy atom. The van der Waals surface area contributed by atoms with Gasteiger partial charge in [-0.25, -0.2) is 0 Å². The molecular weight excluding hydrogens is 101 g/mol. The van der Waals surface area contributed by atoms with Crippen molar-refractivity contribution in [3.05, 3.63) is 0 Å². The lowest BCUT2D eigenvalue weighted by Gasteiger charge is -2.10. The summed E-state index contributed by atoms with van der Waals surface area (Å²) in [5.41, 5.74) is 0. The SMILES string of the molecule is CB(C)C(=O)N(C)C. The van der Waals surface area contributed by atoms with Crippen LogP contribution in [0.3, 0.4) is 0 Å². The molecule has 0 spiro atoms. The molecule has 0 rings (SSSR count). The molecular formula is C5H12BNO. The molecule has 2 nitrogen and oxygen atoms in total. The summed E-state index contributed by atoms with van der Waals surface area (Å²) in [6, 6.07) is 0. The summed E-state index contributed by atoms with van der Waals surface area (Å²) in [6.45, 7) is 3.91. The number of rotatable bonds is 1. The molecule has 0 saturated heterocycles. The second-order valence-electron chi connectivity index (χ2n) is 2.39. The zero-order chi connectivity index (χ0) is 6.73. The monoisotopic (exact) mass is 113 g/mol. The molecule has 1 amide bonds. The van der Waals surface area contributed by atoms with E-state index in [-0.39, 0.29) is 12.5 Å². The van der Waals surface area contributed by atoms with Crippen LogP contribution in [0.25, 0.3) is 0 Å². The molecule has 0 aromatic rings. The van der Waals surface area contributed by atoms with Crippen LogP contribution in [0.1, 0.15) is 0 Å². The molecule has 0 aliphatic carbocycles. The number of hydrogen-bond acceptors (Lipinski definition) is 1. The van der Waals surface area contributed by atoms with E-state index in [9.17, 15) is 4.79 Å².